The van der Waals surface area contributed by atoms with Crippen molar-refractivity contribution in [3.8, 4) is 0 Å². The minimum absolute atomic E-state index is 0.640. The average molecular weight is 290 g/mol. The molecule has 0 aliphatic carbocycles. The number of halogens is 1. The van der Waals surface area contributed by atoms with Crippen molar-refractivity contribution in [3.63, 3.8) is 0 Å². The molecule has 2 aromatic rings. The zero-order valence-electron chi connectivity index (χ0n) is 11.8. The second kappa shape index (κ2) is 6.08. The summed E-state index contributed by atoms with van der Waals surface area (Å²) in [5.74, 6) is 0. The van der Waals surface area contributed by atoms with Gasteiger partial charge in [0.15, 0.2) is 0 Å². The molecule has 1 fully saturated rings. The quantitative estimate of drug-likeness (QED) is 0.792. The summed E-state index contributed by atoms with van der Waals surface area (Å²) in [7, 11) is 2.19. The Morgan fingerprint density at radius 2 is 2.00 bits per heavy atom. The van der Waals surface area contributed by atoms with Gasteiger partial charge >= 0.3 is 0 Å². The molecule has 1 aromatic carbocycles. The number of benzene rings is 1. The Labute approximate surface area is 125 Å². The Hall–Kier alpha value is -1.16. The lowest BCUT2D eigenvalue weighted by Crippen LogP contribution is -2.28. The molecule has 2 heterocycles. The molecule has 1 aliphatic rings. The van der Waals surface area contributed by atoms with E-state index in [0.717, 1.165) is 37.3 Å². The summed E-state index contributed by atoms with van der Waals surface area (Å²) >= 11 is 6.34. The average Bonchev–Trinajstić information content (AvgIpc) is 2.65. The van der Waals surface area contributed by atoms with Crippen LogP contribution in [-0.4, -0.2) is 48.0 Å². The van der Waals surface area contributed by atoms with E-state index in [4.69, 9.17) is 11.6 Å². The molecule has 1 saturated heterocycles. The molecule has 0 atom stereocenters. The highest BCUT2D eigenvalue weighted by Gasteiger charge is 2.14. The van der Waals surface area contributed by atoms with Gasteiger partial charge in [0, 0.05) is 30.6 Å². The van der Waals surface area contributed by atoms with E-state index < -0.39 is 0 Å². The maximum atomic E-state index is 6.34. The Balaban J connectivity index is 1.81. The first-order chi connectivity index (χ1) is 9.72. The van der Waals surface area contributed by atoms with Crippen LogP contribution in [0.2, 0.25) is 5.15 Å². The highest BCUT2D eigenvalue weighted by molar-refractivity contribution is 6.30. The van der Waals surface area contributed by atoms with Crippen LogP contribution in [0.25, 0.3) is 10.9 Å². The minimum Gasteiger partial charge on any atom is -0.305 e. The molecule has 0 bridgehead atoms. The highest BCUT2D eigenvalue weighted by atomic mass is 35.5. The van der Waals surface area contributed by atoms with E-state index in [9.17, 15) is 0 Å². The third-order valence-corrected chi connectivity index (χ3v) is 4.28. The Morgan fingerprint density at radius 1 is 1.15 bits per heavy atom. The van der Waals surface area contributed by atoms with E-state index in [1.807, 2.05) is 18.2 Å². The lowest BCUT2D eigenvalue weighted by atomic mass is 10.1. The van der Waals surface area contributed by atoms with Crippen LogP contribution in [-0.2, 0) is 6.54 Å². The number of hydrogen-bond acceptors (Lipinski definition) is 3. The number of nitrogens with zero attached hydrogens (tertiary/aromatic N) is 3. The zero-order valence-corrected chi connectivity index (χ0v) is 12.6. The molecule has 1 aliphatic heterocycles. The van der Waals surface area contributed by atoms with Crippen LogP contribution >= 0.6 is 11.6 Å². The summed E-state index contributed by atoms with van der Waals surface area (Å²) in [5.41, 5.74) is 2.10. The van der Waals surface area contributed by atoms with Crippen molar-refractivity contribution >= 4 is 22.5 Å². The van der Waals surface area contributed by atoms with E-state index in [1.54, 1.807) is 0 Å². The number of rotatable bonds is 2. The van der Waals surface area contributed by atoms with Gasteiger partial charge < -0.3 is 4.90 Å². The number of fused-ring (bicyclic) bond motifs is 1. The van der Waals surface area contributed by atoms with E-state index >= 15 is 0 Å². The van der Waals surface area contributed by atoms with Gasteiger partial charge in [0.25, 0.3) is 0 Å². The van der Waals surface area contributed by atoms with Crippen LogP contribution in [0.1, 0.15) is 12.0 Å². The molecule has 0 saturated carbocycles. The van der Waals surface area contributed by atoms with E-state index in [1.165, 1.54) is 18.4 Å². The predicted molar refractivity (Wildman–Crippen MR) is 84.1 cm³/mol. The molecule has 0 amide bonds. The van der Waals surface area contributed by atoms with E-state index in [-0.39, 0.29) is 0 Å². The summed E-state index contributed by atoms with van der Waals surface area (Å²) in [6.45, 7) is 5.43. The second-order valence-electron chi connectivity index (χ2n) is 5.56. The van der Waals surface area contributed by atoms with Gasteiger partial charge in [-0.15, -0.1) is 0 Å². The number of para-hydroxylation sites is 1. The molecular formula is C16H20ClN3. The van der Waals surface area contributed by atoms with E-state index in [2.05, 4.69) is 34.0 Å². The number of hydrogen-bond donors (Lipinski definition) is 0. The van der Waals surface area contributed by atoms with Gasteiger partial charge in [-0.1, -0.05) is 29.8 Å². The van der Waals surface area contributed by atoms with Gasteiger partial charge in [-0.05, 0) is 38.7 Å². The fourth-order valence-corrected chi connectivity index (χ4v) is 2.95. The third-order valence-electron chi connectivity index (χ3n) is 3.96. The smallest absolute Gasteiger partial charge is 0.134 e. The van der Waals surface area contributed by atoms with Crippen molar-refractivity contribution < 1.29 is 0 Å². The Kier molecular flexibility index (Phi) is 4.20. The summed E-state index contributed by atoms with van der Waals surface area (Å²) < 4.78 is 0. The first-order valence-corrected chi connectivity index (χ1v) is 7.55. The van der Waals surface area contributed by atoms with Gasteiger partial charge in [0.05, 0.1) is 5.52 Å². The fourth-order valence-electron chi connectivity index (χ4n) is 2.75. The zero-order chi connectivity index (χ0) is 13.9. The highest BCUT2D eigenvalue weighted by Crippen LogP contribution is 2.22. The molecular weight excluding hydrogens is 270 g/mol. The lowest BCUT2D eigenvalue weighted by Gasteiger charge is -2.20. The van der Waals surface area contributed by atoms with Gasteiger partial charge in [0.1, 0.15) is 5.15 Å². The molecule has 1 aromatic heterocycles. The summed E-state index contributed by atoms with van der Waals surface area (Å²) in [6.07, 6.45) is 1.22. The number of aromatic nitrogens is 1. The van der Waals surface area contributed by atoms with Crippen LogP contribution in [0.5, 0.6) is 0 Å². The van der Waals surface area contributed by atoms with E-state index in [0.29, 0.717) is 5.15 Å². The van der Waals surface area contributed by atoms with Crippen LogP contribution in [0, 0.1) is 0 Å². The molecule has 3 rings (SSSR count). The SMILES string of the molecule is CN1CCCN(Cc2cc3ccccc3nc2Cl)CC1. The van der Waals surface area contributed by atoms with Crippen molar-refractivity contribution in [3.05, 3.63) is 41.0 Å². The largest absolute Gasteiger partial charge is 0.305 e. The standard InChI is InChI=1S/C16H20ClN3/c1-19-7-4-8-20(10-9-19)12-14-11-13-5-2-3-6-15(13)18-16(14)17/h2-3,5-6,11H,4,7-10,12H2,1H3. The first-order valence-electron chi connectivity index (χ1n) is 7.17. The van der Waals surface area contributed by atoms with Gasteiger partial charge in [-0.2, -0.15) is 0 Å². The minimum atomic E-state index is 0.640. The molecule has 0 unspecified atom stereocenters. The molecule has 0 radical (unpaired) electrons. The summed E-state index contributed by atoms with van der Waals surface area (Å²) in [4.78, 5) is 9.37. The maximum absolute atomic E-state index is 6.34. The van der Waals surface area contributed by atoms with Crippen LogP contribution in [0.15, 0.2) is 30.3 Å². The topological polar surface area (TPSA) is 19.4 Å². The van der Waals surface area contributed by atoms with Crippen molar-refractivity contribution in [2.45, 2.75) is 13.0 Å². The molecule has 4 heteroatoms. The summed E-state index contributed by atoms with van der Waals surface area (Å²) in [5, 5.41) is 1.81. The van der Waals surface area contributed by atoms with Crippen LogP contribution < -0.4 is 0 Å². The lowest BCUT2D eigenvalue weighted by molar-refractivity contribution is 0.269. The first kappa shape index (κ1) is 13.8. The predicted octanol–water partition coefficient (Wildman–Crippen LogP) is 3.03. The molecule has 0 N–H and O–H groups in total. The molecule has 106 valence electrons. The Morgan fingerprint density at radius 3 is 2.90 bits per heavy atom. The van der Waals surface area contributed by atoms with Gasteiger partial charge in [-0.3, -0.25) is 4.90 Å². The van der Waals surface area contributed by atoms with Crippen molar-refractivity contribution in [1.82, 2.24) is 14.8 Å². The molecule has 3 nitrogen and oxygen atoms in total. The van der Waals surface area contributed by atoms with Gasteiger partial charge in [0.2, 0.25) is 0 Å². The molecule has 20 heavy (non-hydrogen) atoms. The number of pyridine rings is 1. The van der Waals surface area contributed by atoms with Crippen LogP contribution in [0.4, 0.5) is 0 Å². The maximum Gasteiger partial charge on any atom is 0.134 e. The second-order valence-corrected chi connectivity index (χ2v) is 5.92. The Bertz CT molecular complexity index is 599. The fraction of sp³-hybridized carbons (Fsp3) is 0.438. The van der Waals surface area contributed by atoms with Crippen LogP contribution in [0.3, 0.4) is 0 Å². The normalized spacial score (nSPS) is 18.3. The van der Waals surface area contributed by atoms with Crippen molar-refractivity contribution in [2.75, 3.05) is 33.2 Å². The van der Waals surface area contributed by atoms with Crippen molar-refractivity contribution in [2.24, 2.45) is 0 Å². The number of likely N-dealkylation sites (N-methyl/N-ethyl adjacent to an activating group) is 1. The van der Waals surface area contributed by atoms with Crippen molar-refractivity contribution in [1.29, 1.82) is 0 Å². The summed E-state index contributed by atoms with van der Waals surface area (Å²) in [6, 6.07) is 10.3. The monoisotopic (exact) mass is 289 g/mol. The van der Waals surface area contributed by atoms with Gasteiger partial charge in [-0.25, -0.2) is 4.98 Å². The third kappa shape index (κ3) is 3.11. The molecule has 0 spiro atoms.